The zero-order valence-corrected chi connectivity index (χ0v) is 14.7. The second-order valence-corrected chi connectivity index (χ2v) is 5.98. The Morgan fingerprint density at radius 1 is 0.964 bits per heavy atom. The molecule has 3 rings (SSSR count). The lowest BCUT2D eigenvalue weighted by Crippen LogP contribution is -2.25. The second-order valence-electron chi connectivity index (χ2n) is 5.98. The summed E-state index contributed by atoms with van der Waals surface area (Å²) in [4.78, 5) is 16.5. The van der Waals surface area contributed by atoms with Crippen molar-refractivity contribution in [2.45, 2.75) is 12.6 Å². The van der Waals surface area contributed by atoms with Crippen molar-refractivity contribution in [3.05, 3.63) is 89.7 Å². The van der Waals surface area contributed by atoms with Gasteiger partial charge in [0.1, 0.15) is 11.5 Å². The fourth-order valence-electron chi connectivity index (χ4n) is 2.52. The fourth-order valence-corrected chi connectivity index (χ4v) is 2.52. The summed E-state index contributed by atoms with van der Waals surface area (Å²) in [6.07, 6.45) is -2.17. The summed E-state index contributed by atoms with van der Waals surface area (Å²) in [6.45, 7) is 0.411. The van der Waals surface area contributed by atoms with E-state index < -0.39 is 11.7 Å². The predicted molar refractivity (Wildman–Crippen MR) is 98.2 cm³/mol. The lowest BCUT2D eigenvalue weighted by Gasteiger charge is -2.11. The van der Waals surface area contributed by atoms with E-state index in [9.17, 15) is 18.0 Å². The van der Waals surface area contributed by atoms with Crippen molar-refractivity contribution >= 4 is 5.91 Å². The second kappa shape index (κ2) is 8.56. The van der Waals surface area contributed by atoms with Crippen LogP contribution in [-0.4, -0.2) is 17.4 Å². The van der Waals surface area contributed by atoms with Gasteiger partial charge in [0.05, 0.1) is 5.56 Å². The molecule has 0 atom stereocenters. The van der Waals surface area contributed by atoms with E-state index in [1.54, 1.807) is 24.4 Å². The maximum atomic E-state index is 12.8. The molecule has 0 aliphatic heterocycles. The van der Waals surface area contributed by atoms with Crippen LogP contribution in [-0.2, 0) is 12.6 Å². The van der Waals surface area contributed by atoms with E-state index in [0.29, 0.717) is 18.5 Å². The molecule has 3 aromatic rings. The molecule has 0 saturated heterocycles. The summed E-state index contributed by atoms with van der Waals surface area (Å²) >= 11 is 0. The topological polar surface area (TPSA) is 51.2 Å². The third-order valence-corrected chi connectivity index (χ3v) is 3.89. The van der Waals surface area contributed by atoms with Crippen LogP contribution in [0.15, 0.2) is 72.9 Å². The van der Waals surface area contributed by atoms with Crippen LogP contribution in [0, 0.1) is 0 Å². The molecule has 0 unspecified atom stereocenters. The highest BCUT2D eigenvalue weighted by atomic mass is 19.4. The van der Waals surface area contributed by atoms with Crippen LogP contribution in [0.4, 0.5) is 13.2 Å². The van der Waals surface area contributed by atoms with Gasteiger partial charge in [-0.25, -0.2) is 0 Å². The van der Waals surface area contributed by atoms with Crippen LogP contribution < -0.4 is 10.1 Å². The van der Waals surface area contributed by atoms with Gasteiger partial charge in [0.2, 0.25) is 0 Å². The number of hydrogen-bond acceptors (Lipinski definition) is 3. The van der Waals surface area contributed by atoms with Gasteiger partial charge in [-0.05, 0) is 48.5 Å². The molecule has 28 heavy (non-hydrogen) atoms. The minimum absolute atomic E-state index is 0.0440. The highest BCUT2D eigenvalue weighted by Crippen LogP contribution is 2.32. The maximum absolute atomic E-state index is 12.8. The molecule has 1 heterocycles. The van der Waals surface area contributed by atoms with E-state index in [1.165, 1.54) is 18.2 Å². The number of carbonyl (C=O) groups excluding carboxylic acids is 1. The molecule has 0 bridgehead atoms. The molecule has 4 nitrogen and oxygen atoms in total. The molecular weight excluding hydrogens is 369 g/mol. The molecule has 0 aliphatic rings. The number of rotatable bonds is 6. The van der Waals surface area contributed by atoms with E-state index in [-0.39, 0.29) is 17.4 Å². The van der Waals surface area contributed by atoms with Gasteiger partial charge in [-0.1, -0.05) is 18.2 Å². The van der Waals surface area contributed by atoms with Crippen LogP contribution >= 0.6 is 0 Å². The molecule has 144 valence electrons. The van der Waals surface area contributed by atoms with Crippen LogP contribution in [0.2, 0.25) is 0 Å². The third-order valence-electron chi connectivity index (χ3n) is 3.89. The number of nitrogens with zero attached hydrogens (tertiary/aromatic N) is 1. The number of pyridine rings is 1. The number of carbonyl (C=O) groups is 1. The summed E-state index contributed by atoms with van der Waals surface area (Å²) in [6, 6.07) is 16.4. The average Bonchev–Trinajstić information content (AvgIpc) is 2.68. The normalized spacial score (nSPS) is 11.1. The van der Waals surface area contributed by atoms with Gasteiger partial charge in [-0.15, -0.1) is 0 Å². The standard InChI is InChI=1S/C21H17F3N2O2/c22-21(23,24)16-6-4-9-19(14-16)28-18-8-3-5-15(13-18)20(27)26-12-10-17-7-1-2-11-25-17/h1-9,11,13-14H,10,12H2,(H,26,27). The van der Waals surface area contributed by atoms with E-state index in [1.807, 2.05) is 18.2 Å². The van der Waals surface area contributed by atoms with Gasteiger partial charge in [0.25, 0.3) is 5.91 Å². The zero-order valence-electron chi connectivity index (χ0n) is 14.7. The highest BCUT2D eigenvalue weighted by Gasteiger charge is 2.30. The van der Waals surface area contributed by atoms with E-state index in [0.717, 1.165) is 17.8 Å². The summed E-state index contributed by atoms with van der Waals surface area (Å²) in [5.74, 6) is 0.0182. The van der Waals surface area contributed by atoms with Gasteiger partial charge in [-0.2, -0.15) is 13.2 Å². The van der Waals surface area contributed by atoms with Gasteiger partial charge in [0, 0.05) is 30.4 Å². The summed E-state index contributed by atoms with van der Waals surface area (Å²) in [5.41, 5.74) is 0.420. The average molecular weight is 386 g/mol. The van der Waals surface area contributed by atoms with Gasteiger partial charge >= 0.3 is 6.18 Å². The fraction of sp³-hybridized carbons (Fsp3) is 0.143. The molecule has 0 saturated carbocycles. The first kappa shape index (κ1) is 19.4. The third kappa shape index (κ3) is 5.33. The predicted octanol–water partition coefficient (Wildman–Crippen LogP) is 4.87. The van der Waals surface area contributed by atoms with Gasteiger partial charge in [-0.3, -0.25) is 9.78 Å². The molecule has 0 radical (unpaired) electrons. The lowest BCUT2D eigenvalue weighted by molar-refractivity contribution is -0.137. The SMILES string of the molecule is O=C(NCCc1ccccn1)c1cccc(Oc2cccc(C(F)(F)F)c2)c1. The molecule has 0 aliphatic carbocycles. The number of hydrogen-bond donors (Lipinski definition) is 1. The number of amides is 1. The minimum atomic E-state index is -4.45. The first-order chi connectivity index (χ1) is 13.4. The van der Waals surface area contributed by atoms with Crippen molar-refractivity contribution < 1.29 is 22.7 Å². The Balaban J connectivity index is 1.63. The van der Waals surface area contributed by atoms with Gasteiger partial charge in [0.15, 0.2) is 0 Å². The van der Waals surface area contributed by atoms with Crippen LogP contribution in [0.5, 0.6) is 11.5 Å². The molecule has 1 aromatic heterocycles. The first-order valence-electron chi connectivity index (χ1n) is 8.55. The molecule has 0 fully saturated rings. The quantitative estimate of drug-likeness (QED) is 0.658. The number of benzene rings is 2. The van der Waals surface area contributed by atoms with Crippen molar-refractivity contribution in [3.63, 3.8) is 0 Å². The van der Waals surface area contributed by atoms with Crippen molar-refractivity contribution in [2.24, 2.45) is 0 Å². The summed E-state index contributed by atoms with van der Waals surface area (Å²) < 4.78 is 43.9. The number of alkyl halides is 3. The Bertz CT molecular complexity index is 944. The van der Waals surface area contributed by atoms with Crippen LogP contribution in [0.3, 0.4) is 0 Å². The molecular formula is C21H17F3N2O2. The first-order valence-corrected chi connectivity index (χ1v) is 8.55. The van der Waals surface area contributed by atoms with E-state index >= 15 is 0 Å². The molecule has 1 amide bonds. The monoisotopic (exact) mass is 386 g/mol. The zero-order chi connectivity index (χ0) is 20.0. The molecule has 0 spiro atoms. The largest absolute Gasteiger partial charge is 0.457 e. The number of nitrogens with one attached hydrogen (secondary N) is 1. The van der Waals surface area contributed by atoms with E-state index in [4.69, 9.17) is 4.74 Å². The van der Waals surface area contributed by atoms with Crippen LogP contribution in [0.25, 0.3) is 0 Å². The minimum Gasteiger partial charge on any atom is -0.457 e. The number of aromatic nitrogens is 1. The highest BCUT2D eigenvalue weighted by molar-refractivity contribution is 5.94. The van der Waals surface area contributed by atoms with Crippen molar-refractivity contribution in [1.82, 2.24) is 10.3 Å². The molecule has 2 aromatic carbocycles. The summed E-state index contributed by atoms with van der Waals surface area (Å²) in [5, 5.41) is 2.78. The van der Waals surface area contributed by atoms with Crippen molar-refractivity contribution in [2.75, 3.05) is 6.54 Å². The number of halogens is 3. The van der Waals surface area contributed by atoms with E-state index in [2.05, 4.69) is 10.3 Å². The number of ether oxygens (including phenoxy) is 1. The maximum Gasteiger partial charge on any atom is 0.416 e. The Labute approximate surface area is 160 Å². The van der Waals surface area contributed by atoms with Crippen molar-refractivity contribution in [3.8, 4) is 11.5 Å². The lowest BCUT2D eigenvalue weighted by atomic mass is 10.2. The van der Waals surface area contributed by atoms with Crippen LogP contribution in [0.1, 0.15) is 21.6 Å². The Morgan fingerprint density at radius 2 is 1.71 bits per heavy atom. The Kier molecular flexibility index (Phi) is 5.93. The smallest absolute Gasteiger partial charge is 0.416 e. The Hall–Kier alpha value is -3.35. The van der Waals surface area contributed by atoms with Crippen molar-refractivity contribution in [1.29, 1.82) is 0 Å². The van der Waals surface area contributed by atoms with Gasteiger partial charge < -0.3 is 10.1 Å². The molecule has 1 N–H and O–H groups in total. The molecule has 7 heteroatoms. The summed E-state index contributed by atoms with van der Waals surface area (Å²) in [7, 11) is 0. The Morgan fingerprint density at radius 3 is 2.43 bits per heavy atom.